The normalized spacial score (nSPS) is 28.9. The number of aromatic nitrogens is 1. The van der Waals surface area contributed by atoms with Crippen LogP contribution in [0.2, 0.25) is 0 Å². The van der Waals surface area contributed by atoms with E-state index in [1.165, 1.54) is 12.1 Å². The van der Waals surface area contributed by atoms with Gasteiger partial charge in [-0.3, -0.25) is 23.8 Å². The molecule has 3 amide bonds. The SMILES string of the molecule is CC12C[C@H]3CC[C@@H](C(=O)N4CC(N5CCN(c6ccccn6)CC5)C4)N3C(=O)[C@@H](NC(=O)c3cc4cc(C(F)(F)P(=O)(O)O)ccc4s3)C[C@@H]1C2. The number of anilines is 1. The lowest BCUT2D eigenvalue weighted by Crippen LogP contribution is -2.67. The Hall–Kier alpha value is -3.49. The van der Waals surface area contributed by atoms with Gasteiger partial charge >= 0.3 is 13.3 Å². The van der Waals surface area contributed by atoms with Gasteiger partial charge in [0.05, 0.1) is 4.88 Å². The van der Waals surface area contributed by atoms with E-state index < -0.39 is 36.8 Å². The standard InChI is InChI=1S/C35H41F2N6O6PS/c1-34-17-23(34)16-26(39-31(44)29-15-21-14-22(5-8-28(21)51-29)35(36,37)50(47,48)49)32(45)43-24(18-34)6-7-27(43)33(46)42-19-25(20-42)40-10-12-41(13-11-40)30-4-2-3-9-38-30/h2-5,8-9,14-15,23-27H,6-7,10-13,16-20H2,1H3,(H,39,44)(H2,47,48,49)/t23-,24-,26+,27+,34?/m1/s1. The second kappa shape index (κ2) is 12.6. The van der Waals surface area contributed by atoms with Gasteiger partial charge in [-0.25, -0.2) is 4.98 Å². The largest absolute Gasteiger partial charge is 0.399 e. The Bertz CT molecular complexity index is 1910. The van der Waals surface area contributed by atoms with Crippen molar-refractivity contribution in [1.29, 1.82) is 0 Å². The summed E-state index contributed by atoms with van der Waals surface area (Å²) in [6, 6.07) is 9.30. The van der Waals surface area contributed by atoms with Crippen LogP contribution < -0.4 is 10.2 Å². The van der Waals surface area contributed by atoms with Crippen LogP contribution in [0.4, 0.5) is 14.6 Å². The predicted octanol–water partition coefficient (Wildman–Crippen LogP) is 3.83. The van der Waals surface area contributed by atoms with Gasteiger partial charge in [-0.1, -0.05) is 19.1 Å². The summed E-state index contributed by atoms with van der Waals surface area (Å²) in [6.45, 7) is 6.98. The molecule has 16 heteroatoms. The topological polar surface area (TPSA) is 147 Å². The van der Waals surface area contributed by atoms with Crippen LogP contribution >= 0.6 is 18.9 Å². The fourth-order valence-electron chi connectivity index (χ4n) is 8.68. The molecule has 8 rings (SSSR count). The molecule has 3 N–H and O–H groups in total. The lowest BCUT2D eigenvalue weighted by Gasteiger charge is -2.49. The lowest BCUT2D eigenvalue weighted by atomic mass is 9.90. The van der Waals surface area contributed by atoms with E-state index >= 15 is 0 Å². The highest BCUT2D eigenvalue weighted by molar-refractivity contribution is 7.52. The first-order valence-electron chi connectivity index (χ1n) is 17.5. The van der Waals surface area contributed by atoms with E-state index in [4.69, 9.17) is 9.79 Å². The van der Waals surface area contributed by atoms with Crippen LogP contribution in [0, 0.1) is 11.3 Å². The number of fused-ring (bicyclic) bond motifs is 3. The highest BCUT2D eigenvalue weighted by Crippen LogP contribution is 2.61. The minimum absolute atomic E-state index is 0.0297. The Morgan fingerprint density at radius 1 is 1.04 bits per heavy atom. The smallest absolute Gasteiger partial charge is 0.354 e. The van der Waals surface area contributed by atoms with E-state index in [9.17, 15) is 27.7 Å². The molecule has 0 radical (unpaired) electrons. The first-order chi connectivity index (χ1) is 24.2. The Labute approximate surface area is 297 Å². The minimum Gasteiger partial charge on any atom is -0.354 e. The Morgan fingerprint density at radius 3 is 2.51 bits per heavy atom. The van der Waals surface area contributed by atoms with Gasteiger partial charge in [0.2, 0.25) is 11.8 Å². The zero-order chi connectivity index (χ0) is 35.9. The van der Waals surface area contributed by atoms with Gasteiger partial charge in [-0.15, -0.1) is 11.3 Å². The molecule has 6 heterocycles. The zero-order valence-electron chi connectivity index (χ0n) is 28.2. The van der Waals surface area contributed by atoms with E-state index in [2.05, 4.69) is 27.0 Å². The predicted molar refractivity (Wildman–Crippen MR) is 187 cm³/mol. The van der Waals surface area contributed by atoms with Crippen LogP contribution in [0.15, 0.2) is 48.7 Å². The maximum absolute atomic E-state index is 14.4. The monoisotopic (exact) mass is 742 g/mol. The molecular formula is C35H41F2N6O6PS. The number of likely N-dealkylation sites (tertiary alicyclic amines) is 1. The number of nitrogens with zero attached hydrogens (tertiary/aromatic N) is 5. The van der Waals surface area contributed by atoms with Gasteiger partial charge in [0, 0.05) is 67.8 Å². The summed E-state index contributed by atoms with van der Waals surface area (Å²) in [7, 11) is -5.76. The van der Waals surface area contributed by atoms with Crippen molar-refractivity contribution < 1.29 is 37.5 Å². The van der Waals surface area contributed by atoms with Gasteiger partial charge in [0.1, 0.15) is 17.9 Å². The van der Waals surface area contributed by atoms with E-state index in [0.29, 0.717) is 30.6 Å². The zero-order valence-corrected chi connectivity index (χ0v) is 29.9. The van der Waals surface area contributed by atoms with Crippen molar-refractivity contribution in [2.75, 3.05) is 44.2 Å². The number of thiophene rings is 1. The van der Waals surface area contributed by atoms with Gasteiger partial charge < -0.3 is 29.8 Å². The fourth-order valence-corrected chi connectivity index (χ4v) is 10.1. The number of halogens is 2. The molecule has 51 heavy (non-hydrogen) atoms. The third-order valence-electron chi connectivity index (χ3n) is 11.8. The van der Waals surface area contributed by atoms with E-state index in [0.717, 1.165) is 74.7 Å². The van der Waals surface area contributed by atoms with Crippen LogP contribution in [0.3, 0.4) is 0 Å². The molecule has 4 saturated heterocycles. The maximum Gasteiger partial charge on any atom is 0.399 e. The number of hydrogen-bond donors (Lipinski definition) is 3. The summed E-state index contributed by atoms with van der Waals surface area (Å²) in [6.07, 6.45) is 5.33. The average molecular weight is 743 g/mol. The van der Waals surface area contributed by atoms with Crippen molar-refractivity contribution in [2.24, 2.45) is 11.3 Å². The molecule has 5 atom stereocenters. The van der Waals surface area contributed by atoms with Crippen molar-refractivity contribution >= 4 is 52.6 Å². The number of nitrogens with one attached hydrogen (secondary N) is 1. The third kappa shape index (κ3) is 6.24. The number of rotatable bonds is 7. The highest BCUT2D eigenvalue weighted by Gasteiger charge is 2.58. The lowest BCUT2D eigenvalue weighted by molar-refractivity contribution is -0.152. The number of carbonyl (C=O) groups excluding carboxylic acids is 3. The summed E-state index contributed by atoms with van der Waals surface area (Å²) in [4.78, 5) is 73.2. The quantitative estimate of drug-likeness (QED) is 0.308. The first kappa shape index (κ1) is 34.6. The van der Waals surface area contributed by atoms with E-state index in [1.54, 1.807) is 11.1 Å². The van der Waals surface area contributed by atoms with Crippen LogP contribution in [0.1, 0.15) is 54.3 Å². The van der Waals surface area contributed by atoms with E-state index in [-0.39, 0.29) is 45.5 Å². The maximum atomic E-state index is 14.4. The van der Waals surface area contributed by atoms with Crippen molar-refractivity contribution in [1.82, 2.24) is 25.0 Å². The summed E-state index contributed by atoms with van der Waals surface area (Å²) in [5, 5.41) is 3.16. The molecule has 4 aliphatic heterocycles. The van der Waals surface area contributed by atoms with Gasteiger partial charge in [-0.05, 0) is 79.2 Å². The molecule has 0 bridgehead atoms. The number of amides is 3. The Kier molecular flexibility index (Phi) is 8.53. The average Bonchev–Trinajstić information content (AvgIpc) is 3.38. The summed E-state index contributed by atoms with van der Waals surface area (Å²) < 4.78 is 40.7. The summed E-state index contributed by atoms with van der Waals surface area (Å²) >= 11 is 1.05. The number of hydrogen-bond acceptors (Lipinski definition) is 8. The number of alkyl halides is 2. The molecule has 1 aromatic carbocycles. The Balaban J connectivity index is 0.938. The number of benzene rings is 1. The molecule has 12 nitrogen and oxygen atoms in total. The second-order valence-electron chi connectivity index (χ2n) is 15.1. The van der Waals surface area contributed by atoms with Gasteiger partial charge in [0.25, 0.3) is 5.91 Å². The van der Waals surface area contributed by atoms with Crippen molar-refractivity contribution in [2.45, 2.75) is 68.9 Å². The van der Waals surface area contributed by atoms with Crippen LogP contribution in [-0.4, -0.2) is 111 Å². The molecule has 1 unspecified atom stereocenters. The van der Waals surface area contributed by atoms with Crippen molar-refractivity contribution in [3.8, 4) is 0 Å². The molecule has 272 valence electrons. The number of carbonyl (C=O) groups is 3. The molecule has 1 aliphatic carbocycles. The molecular weight excluding hydrogens is 701 g/mol. The van der Waals surface area contributed by atoms with Gasteiger partial charge in [-0.2, -0.15) is 8.78 Å². The summed E-state index contributed by atoms with van der Waals surface area (Å²) in [5.41, 5.74) is -5.19. The minimum atomic E-state index is -5.76. The Morgan fingerprint density at radius 2 is 1.80 bits per heavy atom. The summed E-state index contributed by atoms with van der Waals surface area (Å²) in [5.74, 6) is 0.407. The van der Waals surface area contributed by atoms with Crippen LogP contribution in [-0.2, 0) is 19.8 Å². The molecule has 5 aliphatic rings. The molecule has 3 aromatic rings. The molecule has 1 saturated carbocycles. The van der Waals surface area contributed by atoms with Crippen molar-refractivity contribution in [3.63, 3.8) is 0 Å². The molecule has 0 spiro atoms. The van der Waals surface area contributed by atoms with Crippen LogP contribution in [0.5, 0.6) is 0 Å². The molecule has 2 aromatic heterocycles. The van der Waals surface area contributed by atoms with Crippen LogP contribution in [0.25, 0.3) is 10.1 Å². The third-order valence-corrected chi connectivity index (χ3v) is 13.9. The van der Waals surface area contributed by atoms with Gasteiger partial charge in [0.15, 0.2) is 0 Å². The fraction of sp³-hybridized carbons (Fsp3) is 0.543. The van der Waals surface area contributed by atoms with Crippen molar-refractivity contribution in [3.05, 3.63) is 59.1 Å². The number of piperazine rings is 1. The second-order valence-corrected chi connectivity index (χ2v) is 17.8. The molecule has 5 fully saturated rings. The van der Waals surface area contributed by atoms with E-state index in [1.807, 2.05) is 23.1 Å². The highest BCUT2D eigenvalue weighted by atomic mass is 32.1. The first-order valence-corrected chi connectivity index (χ1v) is 19.9. The number of pyridine rings is 1.